The first kappa shape index (κ1) is 27.7. The summed E-state index contributed by atoms with van der Waals surface area (Å²) in [5, 5.41) is 2.24. The zero-order valence-electron chi connectivity index (χ0n) is 18.5. The number of ether oxygens (including phenoxy) is 2. The van der Waals surface area contributed by atoms with Crippen molar-refractivity contribution >= 4 is 43.0 Å². The fraction of sp³-hybridized carbons (Fsp3) is 0.579. The normalized spacial score (nSPS) is 26.0. The van der Waals surface area contributed by atoms with Crippen molar-refractivity contribution in [2.45, 2.75) is 51.1 Å². The molecule has 1 amide bonds. The Morgan fingerprint density at radius 1 is 1.00 bits per heavy atom. The van der Waals surface area contributed by atoms with Gasteiger partial charge in [-0.1, -0.05) is 42.1 Å². The van der Waals surface area contributed by atoms with Crippen LogP contribution in [0, 0.1) is 0 Å². The Kier molecular flexibility index (Phi) is 9.84. The fourth-order valence-electron chi connectivity index (χ4n) is 3.15. The Morgan fingerprint density at radius 2 is 1.58 bits per heavy atom. The SMILES string of the molecule is CC(=O)N[C@@H]1[C@@H](OCc2ccccc2)O[C@@H](CSC(C)=O)[C@@H](OS(C)(=O)=O)[C@@H]1OS(C)(=O)=O. The molecule has 1 aromatic rings. The molecular formula is C19H27NO10S3. The summed E-state index contributed by atoms with van der Waals surface area (Å²) in [6.07, 6.45) is -3.81. The number of thioether (sulfide) groups is 1. The Bertz CT molecular complexity index is 1030. The van der Waals surface area contributed by atoms with Gasteiger partial charge in [0.1, 0.15) is 24.4 Å². The van der Waals surface area contributed by atoms with E-state index < -0.39 is 56.8 Å². The van der Waals surface area contributed by atoms with E-state index in [4.69, 9.17) is 17.8 Å². The molecule has 2 rings (SSSR count). The Morgan fingerprint density at radius 3 is 2.09 bits per heavy atom. The van der Waals surface area contributed by atoms with Gasteiger partial charge >= 0.3 is 0 Å². The van der Waals surface area contributed by atoms with Crippen molar-refractivity contribution < 1.29 is 44.3 Å². The summed E-state index contributed by atoms with van der Waals surface area (Å²) in [5.74, 6) is -0.634. The number of hydrogen-bond donors (Lipinski definition) is 1. The van der Waals surface area contributed by atoms with Crippen molar-refractivity contribution in [2.24, 2.45) is 0 Å². The minimum atomic E-state index is -4.14. The van der Waals surface area contributed by atoms with Crippen molar-refractivity contribution in [1.82, 2.24) is 5.32 Å². The third kappa shape index (κ3) is 9.68. The minimum Gasteiger partial charge on any atom is -0.346 e. The van der Waals surface area contributed by atoms with Crippen LogP contribution in [0.5, 0.6) is 0 Å². The van der Waals surface area contributed by atoms with Gasteiger partial charge in [-0.25, -0.2) is 0 Å². The maximum Gasteiger partial charge on any atom is 0.264 e. The lowest BCUT2D eigenvalue weighted by molar-refractivity contribution is -0.253. The lowest BCUT2D eigenvalue weighted by atomic mass is 9.97. The highest BCUT2D eigenvalue weighted by Gasteiger charge is 2.51. The summed E-state index contributed by atoms with van der Waals surface area (Å²) >= 11 is 0.833. The van der Waals surface area contributed by atoms with Crippen molar-refractivity contribution in [1.29, 1.82) is 0 Å². The van der Waals surface area contributed by atoms with Crippen LogP contribution in [0.1, 0.15) is 19.4 Å². The first-order valence-corrected chi connectivity index (χ1v) is 14.3. The van der Waals surface area contributed by atoms with Crippen LogP contribution in [-0.4, -0.2) is 76.8 Å². The first-order chi connectivity index (χ1) is 15.2. The summed E-state index contributed by atoms with van der Waals surface area (Å²) in [6, 6.07) is 7.75. The molecule has 1 aliphatic heterocycles. The van der Waals surface area contributed by atoms with Crippen LogP contribution < -0.4 is 5.32 Å². The van der Waals surface area contributed by atoms with Crippen molar-refractivity contribution in [3.8, 4) is 0 Å². The molecule has 5 atom stereocenters. The number of nitrogens with one attached hydrogen (secondary N) is 1. The molecule has 1 fully saturated rings. The highest BCUT2D eigenvalue weighted by Crippen LogP contribution is 2.31. The van der Waals surface area contributed by atoms with Crippen molar-refractivity contribution in [3.05, 3.63) is 35.9 Å². The van der Waals surface area contributed by atoms with Crippen LogP contribution in [0.25, 0.3) is 0 Å². The van der Waals surface area contributed by atoms with E-state index in [9.17, 15) is 26.4 Å². The molecule has 11 nitrogen and oxygen atoms in total. The number of carbonyl (C=O) groups excluding carboxylic acids is 2. The molecule has 14 heteroatoms. The van der Waals surface area contributed by atoms with Gasteiger partial charge in [-0.2, -0.15) is 16.8 Å². The number of rotatable bonds is 10. The summed E-state index contributed by atoms with van der Waals surface area (Å²) in [5.41, 5.74) is 0.771. The quantitative estimate of drug-likeness (QED) is 0.423. The van der Waals surface area contributed by atoms with Crippen LogP contribution in [0.3, 0.4) is 0 Å². The zero-order valence-corrected chi connectivity index (χ0v) is 20.9. The smallest absolute Gasteiger partial charge is 0.264 e. The second kappa shape index (κ2) is 11.7. The molecule has 186 valence electrons. The van der Waals surface area contributed by atoms with E-state index in [0.717, 1.165) is 29.8 Å². The number of benzene rings is 1. The largest absolute Gasteiger partial charge is 0.346 e. The molecule has 1 aromatic carbocycles. The molecule has 1 aliphatic rings. The molecule has 0 saturated carbocycles. The Balaban J connectivity index is 2.46. The standard InChI is InChI=1S/C19H27NO10S3/c1-12(21)20-16-18(30-33(4,25)26)17(29-32(3,23)24)15(11-31-13(2)22)28-19(16)27-10-14-8-6-5-7-9-14/h5-9,15-19H,10-11H2,1-4H3,(H,20,21)/t15-,16-,17+,18+,19-/m0/s1. The van der Waals surface area contributed by atoms with Gasteiger partial charge in [0, 0.05) is 19.6 Å². The van der Waals surface area contributed by atoms with Gasteiger partial charge in [-0.3, -0.25) is 18.0 Å². The average Bonchev–Trinajstić information content (AvgIpc) is 2.67. The molecule has 0 aromatic heterocycles. The second-order valence-corrected chi connectivity index (χ2v) is 11.8. The van der Waals surface area contributed by atoms with Crippen LogP contribution in [0.4, 0.5) is 0 Å². The van der Waals surface area contributed by atoms with E-state index in [1.165, 1.54) is 13.8 Å². The van der Waals surface area contributed by atoms with Gasteiger partial charge in [-0.15, -0.1) is 0 Å². The number of amides is 1. The van der Waals surface area contributed by atoms with Crippen LogP contribution in [-0.2, 0) is 54.3 Å². The van der Waals surface area contributed by atoms with Crippen molar-refractivity contribution in [2.75, 3.05) is 18.3 Å². The highest BCUT2D eigenvalue weighted by atomic mass is 32.2. The number of hydrogen-bond acceptors (Lipinski definition) is 11. The summed E-state index contributed by atoms with van der Waals surface area (Å²) in [4.78, 5) is 23.4. The van der Waals surface area contributed by atoms with E-state index >= 15 is 0 Å². The molecule has 0 aliphatic carbocycles. The minimum absolute atomic E-state index is 0.0390. The lowest BCUT2D eigenvalue weighted by Crippen LogP contribution is -2.66. The monoisotopic (exact) mass is 525 g/mol. The van der Waals surface area contributed by atoms with E-state index in [1.807, 2.05) is 6.07 Å². The van der Waals surface area contributed by atoms with Gasteiger partial charge in [0.15, 0.2) is 11.4 Å². The van der Waals surface area contributed by atoms with E-state index in [1.54, 1.807) is 24.3 Å². The third-order valence-electron chi connectivity index (χ3n) is 4.30. The topological polar surface area (TPSA) is 151 Å². The predicted octanol–water partition coefficient (Wildman–Crippen LogP) is 0.402. The molecule has 0 unspecified atom stereocenters. The fourth-order valence-corrected chi connectivity index (χ4v) is 5.09. The molecular weight excluding hydrogens is 498 g/mol. The van der Waals surface area contributed by atoms with Gasteiger partial charge in [0.25, 0.3) is 20.2 Å². The van der Waals surface area contributed by atoms with Gasteiger partial charge in [0.05, 0.1) is 19.1 Å². The molecule has 33 heavy (non-hydrogen) atoms. The van der Waals surface area contributed by atoms with Crippen LogP contribution in [0.2, 0.25) is 0 Å². The first-order valence-electron chi connectivity index (χ1n) is 9.73. The molecule has 0 radical (unpaired) electrons. The second-order valence-electron chi connectivity index (χ2n) is 7.40. The van der Waals surface area contributed by atoms with Gasteiger partial charge in [0.2, 0.25) is 5.91 Å². The van der Waals surface area contributed by atoms with Crippen LogP contribution in [0.15, 0.2) is 30.3 Å². The summed E-state index contributed by atoms with van der Waals surface area (Å²) in [7, 11) is -8.25. The molecule has 0 spiro atoms. The van der Waals surface area contributed by atoms with Gasteiger partial charge in [-0.05, 0) is 5.56 Å². The molecule has 0 bridgehead atoms. The highest BCUT2D eigenvalue weighted by molar-refractivity contribution is 8.13. The lowest BCUT2D eigenvalue weighted by Gasteiger charge is -2.45. The van der Waals surface area contributed by atoms with Crippen molar-refractivity contribution in [3.63, 3.8) is 0 Å². The maximum absolute atomic E-state index is 12.0. The average molecular weight is 526 g/mol. The van der Waals surface area contributed by atoms with E-state index in [-0.39, 0.29) is 17.5 Å². The maximum atomic E-state index is 12.0. The molecule has 1 N–H and O–H groups in total. The van der Waals surface area contributed by atoms with Crippen LogP contribution >= 0.6 is 11.8 Å². The molecule has 1 saturated heterocycles. The van der Waals surface area contributed by atoms with E-state index in [0.29, 0.717) is 0 Å². The zero-order chi connectivity index (χ0) is 24.8. The summed E-state index contributed by atoms with van der Waals surface area (Å²) < 4.78 is 70.0. The Labute approximate surface area is 197 Å². The summed E-state index contributed by atoms with van der Waals surface area (Å²) in [6.45, 7) is 2.54. The van der Waals surface area contributed by atoms with E-state index in [2.05, 4.69) is 5.32 Å². The third-order valence-corrected chi connectivity index (χ3v) is 6.34. The predicted molar refractivity (Wildman–Crippen MR) is 120 cm³/mol. The number of carbonyl (C=O) groups is 2. The molecule has 1 heterocycles. The Hall–Kier alpha value is -1.55. The van der Waals surface area contributed by atoms with Gasteiger partial charge < -0.3 is 14.8 Å².